The number of hydrogen-bond donors (Lipinski definition) is 5. The molecule has 0 atom stereocenters. The Labute approximate surface area is 91.7 Å². The fourth-order valence-corrected chi connectivity index (χ4v) is 1.09. The molecule has 0 unspecified atom stereocenters. The van der Waals surface area contributed by atoms with Crippen molar-refractivity contribution in [3.8, 4) is 0 Å². The summed E-state index contributed by atoms with van der Waals surface area (Å²) in [5.74, 6) is 0. The van der Waals surface area contributed by atoms with Crippen LogP contribution in [-0.4, -0.2) is 27.7 Å². The van der Waals surface area contributed by atoms with E-state index in [0.29, 0.717) is 5.69 Å². The van der Waals surface area contributed by atoms with E-state index in [-0.39, 0.29) is 0 Å². The second kappa shape index (κ2) is 5.94. The molecule has 0 saturated heterocycles. The van der Waals surface area contributed by atoms with Crippen molar-refractivity contribution in [1.82, 2.24) is 0 Å². The zero-order valence-electron chi connectivity index (χ0n) is 7.76. The third-order valence-corrected chi connectivity index (χ3v) is 1.51. The lowest BCUT2D eigenvalue weighted by atomic mass is 10.3. The minimum absolute atomic E-state index is 0.343. The normalized spacial score (nSPS) is 11.2. The van der Waals surface area contributed by atoms with Crippen LogP contribution < -0.4 is 4.72 Å². The van der Waals surface area contributed by atoms with Crippen LogP contribution in [0.3, 0.4) is 0 Å². The van der Waals surface area contributed by atoms with Crippen LogP contribution in [0.1, 0.15) is 0 Å². The maximum atomic E-state index is 10.2. The van der Waals surface area contributed by atoms with Gasteiger partial charge in [0.2, 0.25) is 0 Å². The monoisotopic (exact) mass is 271 g/mol. The molecule has 10 heteroatoms. The quantitative estimate of drug-likeness (QED) is 0.375. The Morgan fingerprint density at radius 3 is 1.75 bits per heavy atom. The summed E-state index contributed by atoms with van der Waals surface area (Å²) < 4.78 is 39.6. The Morgan fingerprint density at radius 1 is 1.06 bits per heavy atom. The Kier molecular flexibility index (Phi) is 5.59. The van der Waals surface area contributed by atoms with E-state index in [0.717, 1.165) is 0 Å². The van der Waals surface area contributed by atoms with Gasteiger partial charge in [-0.05, 0) is 12.1 Å². The maximum Gasteiger partial charge on any atom is 0.466 e. The van der Waals surface area contributed by atoms with Gasteiger partial charge in [-0.3, -0.25) is 9.27 Å². The van der Waals surface area contributed by atoms with Gasteiger partial charge >= 0.3 is 18.1 Å². The second-order valence-electron chi connectivity index (χ2n) is 2.46. The summed E-state index contributed by atoms with van der Waals surface area (Å²) >= 11 is 0. The molecule has 0 fully saturated rings. The zero-order chi connectivity index (χ0) is 12.8. The van der Waals surface area contributed by atoms with E-state index >= 15 is 0 Å². The molecule has 0 amide bonds. The van der Waals surface area contributed by atoms with Crippen LogP contribution in [0.4, 0.5) is 5.69 Å². The highest BCUT2D eigenvalue weighted by Crippen LogP contribution is 2.25. The fourth-order valence-electron chi connectivity index (χ4n) is 0.655. The average molecular weight is 271 g/mol. The van der Waals surface area contributed by atoms with Gasteiger partial charge in [-0.25, -0.2) is 4.57 Å². The summed E-state index contributed by atoms with van der Waals surface area (Å²) in [5.41, 5.74) is 0.343. The van der Waals surface area contributed by atoms with E-state index in [9.17, 15) is 8.42 Å². The standard InChI is InChI=1S/C6H7NO3S.H3O4P/c8-11(9,10)7-6-4-2-1-3-5-6;1-5(2,3)4/h1-5,7H,(H,8,9,10);(H3,1,2,3,4). The lowest BCUT2D eigenvalue weighted by molar-refractivity contribution is 0.275. The lowest BCUT2D eigenvalue weighted by Gasteiger charge is -1.99. The van der Waals surface area contributed by atoms with Crippen molar-refractivity contribution in [2.45, 2.75) is 0 Å². The molecule has 0 heterocycles. The Morgan fingerprint density at radius 2 is 1.44 bits per heavy atom. The molecule has 5 N–H and O–H groups in total. The number of nitrogens with one attached hydrogen (secondary N) is 1. The van der Waals surface area contributed by atoms with Gasteiger partial charge in [-0.2, -0.15) is 8.42 Å². The van der Waals surface area contributed by atoms with Crippen LogP contribution in [-0.2, 0) is 14.9 Å². The number of anilines is 1. The van der Waals surface area contributed by atoms with Crippen molar-refractivity contribution >= 4 is 23.8 Å². The van der Waals surface area contributed by atoms with Crippen molar-refractivity contribution in [3.63, 3.8) is 0 Å². The van der Waals surface area contributed by atoms with E-state index in [1.165, 1.54) is 12.1 Å². The third kappa shape index (κ3) is 13.0. The molecule has 0 aliphatic heterocycles. The van der Waals surface area contributed by atoms with Gasteiger partial charge in [0.25, 0.3) is 0 Å². The van der Waals surface area contributed by atoms with Gasteiger partial charge in [0.1, 0.15) is 0 Å². The van der Waals surface area contributed by atoms with Crippen molar-refractivity contribution < 1.29 is 32.2 Å². The zero-order valence-corrected chi connectivity index (χ0v) is 9.47. The molecule has 1 rings (SSSR count). The maximum absolute atomic E-state index is 10.2. The summed E-state index contributed by atoms with van der Waals surface area (Å²) in [4.78, 5) is 21.6. The Balaban J connectivity index is 0.000000385. The first-order valence-electron chi connectivity index (χ1n) is 3.66. The van der Waals surface area contributed by atoms with E-state index in [1.807, 2.05) is 4.72 Å². The molecular weight excluding hydrogens is 261 g/mol. The first kappa shape index (κ1) is 15.0. The highest BCUT2D eigenvalue weighted by atomic mass is 32.2. The molecule has 0 aliphatic rings. The van der Waals surface area contributed by atoms with Gasteiger partial charge in [-0.15, -0.1) is 0 Å². The number of rotatable bonds is 2. The van der Waals surface area contributed by atoms with E-state index < -0.39 is 18.1 Å². The molecule has 0 bridgehead atoms. The van der Waals surface area contributed by atoms with Crippen molar-refractivity contribution in [2.75, 3.05) is 4.72 Å². The van der Waals surface area contributed by atoms with E-state index in [4.69, 9.17) is 23.8 Å². The third-order valence-electron chi connectivity index (χ3n) is 1.02. The van der Waals surface area contributed by atoms with Gasteiger partial charge in [0, 0.05) is 0 Å². The number of benzene rings is 1. The van der Waals surface area contributed by atoms with Gasteiger partial charge < -0.3 is 14.7 Å². The topological polar surface area (TPSA) is 144 Å². The van der Waals surface area contributed by atoms with Gasteiger partial charge in [-0.1, -0.05) is 18.2 Å². The van der Waals surface area contributed by atoms with Crippen molar-refractivity contribution in [1.29, 1.82) is 0 Å². The first-order chi connectivity index (χ1) is 7.08. The average Bonchev–Trinajstić information content (AvgIpc) is 1.99. The number of para-hydroxylation sites is 1. The SMILES string of the molecule is O=P(O)(O)O.O=S(=O)(O)Nc1ccccc1. The Bertz CT molecular complexity index is 445. The van der Waals surface area contributed by atoms with E-state index in [1.54, 1.807) is 18.2 Å². The highest BCUT2D eigenvalue weighted by Gasteiger charge is 2.01. The molecule has 0 saturated carbocycles. The lowest BCUT2D eigenvalue weighted by Crippen LogP contribution is -2.09. The molecule has 1 aromatic carbocycles. The molecule has 8 nitrogen and oxygen atoms in total. The van der Waals surface area contributed by atoms with Crippen molar-refractivity contribution in [2.24, 2.45) is 0 Å². The smallest absolute Gasteiger partial charge is 0.303 e. The number of phosphoric acid groups is 1. The molecule has 0 aromatic heterocycles. The van der Waals surface area contributed by atoms with Crippen LogP contribution in [0.15, 0.2) is 30.3 Å². The van der Waals surface area contributed by atoms with Crippen LogP contribution >= 0.6 is 7.82 Å². The molecule has 0 aliphatic carbocycles. The largest absolute Gasteiger partial charge is 0.466 e. The van der Waals surface area contributed by atoms with Crippen LogP contribution in [0.2, 0.25) is 0 Å². The summed E-state index contributed by atoms with van der Waals surface area (Å²) in [6.07, 6.45) is 0. The van der Waals surface area contributed by atoms with Gasteiger partial charge in [0.15, 0.2) is 0 Å². The molecule has 92 valence electrons. The number of hydrogen-bond acceptors (Lipinski definition) is 3. The van der Waals surface area contributed by atoms with Crippen LogP contribution in [0.5, 0.6) is 0 Å². The fraction of sp³-hybridized carbons (Fsp3) is 0. The predicted molar refractivity (Wildman–Crippen MR) is 55.9 cm³/mol. The van der Waals surface area contributed by atoms with E-state index in [2.05, 4.69) is 0 Å². The summed E-state index contributed by atoms with van der Waals surface area (Å²) in [5, 5.41) is 0. The predicted octanol–water partition coefficient (Wildman–Crippen LogP) is -0.0273. The summed E-state index contributed by atoms with van der Waals surface area (Å²) in [6.45, 7) is 0. The summed E-state index contributed by atoms with van der Waals surface area (Å²) in [7, 11) is -8.77. The minimum atomic E-state index is -4.64. The van der Waals surface area contributed by atoms with Crippen LogP contribution in [0.25, 0.3) is 0 Å². The van der Waals surface area contributed by atoms with Crippen LogP contribution in [0, 0.1) is 0 Å². The van der Waals surface area contributed by atoms with Crippen molar-refractivity contribution in [3.05, 3.63) is 30.3 Å². The summed E-state index contributed by atoms with van der Waals surface area (Å²) in [6, 6.07) is 8.14. The first-order valence-corrected chi connectivity index (χ1v) is 6.67. The molecular formula is C6H10NO7PS. The molecule has 0 spiro atoms. The second-order valence-corrected chi connectivity index (χ2v) is 4.64. The molecule has 1 aromatic rings. The molecule has 0 radical (unpaired) electrons. The van der Waals surface area contributed by atoms with Gasteiger partial charge in [0.05, 0.1) is 5.69 Å². The molecule has 16 heavy (non-hydrogen) atoms. The minimum Gasteiger partial charge on any atom is -0.303 e. The highest BCUT2D eigenvalue weighted by molar-refractivity contribution is 7.87. The Hall–Kier alpha value is -0.960.